The Labute approximate surface area is 121 Å². The van der Waals surface area contributed by atoms with E-state index in [2.05, 4.69) is 33.2 Å². The van der Waals surface area contributed by atoms with E-state index in [0.29, 0.717) is 12.5 Å². The van der Waals surface area contributed by atoms with Gasteiger partial charge in [0.2, 0.25) is 5.88 Å². The van der Waals surface area contributed by atoms with Crippen molar-refractivity contribution < 1.29 is 9.15 Å². The van der Waals surface area contributed by atoms with E-state index in [1.807, 2.05) is 18.2 Å². The van der Waals surface area contributed by atoms with Crippen LogP contribution in [0.3, 0.4) is 0 Å². The average Bonchev–Trinajstić information content (AvgIpc) is 2.91. The van der Waals surface area contributed by atoms with Crippen LogP contribution in [0.25, 0.3) is 0 Å². The minimum absolute atomic E-state index is 0.391. The van der Waals surface area contributed by atoms with Gasteiger partial charge < -0.3 is 14.5 Å². The van der Waals surface area contributed by atoms with Gasteiger partial charge in [-0.2, -0.15) is 0 Å². The smallest absolute Gasteiger partial charge is 0.218 e. The van der Waals surface area contributed by atoms with E-state index in [9.17, 15) is 0 Å². The lowest BCUT2D eigenvalue weighted by atomic mass is 10.2. The van der Waals surface area contributed by atoms with Gasteiger partial charge in [0.05, 0.1) is 6.26 Å². The topological polar surface area (TPSA) is 47.3 Å². The highest BCUT2D eigenvalue weighted by Crippen LogP contribution is 2.21. The molecule has 0 radical (unpaired) electrons. The normalized spacial score (nSPS) is 10.6. The maximum atomic E-state index is 5.70. The summed E-state index contributed by atoms with van der Waals surface area (Å²) in [4.78, 5) is 4.31. The van der Waals surface area contributed by atoms with Crippen LogP contribution in [-0.4, -0.2) is 11.5 Å². The van der Waals surface area contributed by atoms with E-state index >= 15 is 0 Å². The van der Waals surface area contributed by atoms with Gasteiger partial charge in [-0.1, -0.05) is 6.92 Å². The van der Waals surface area contributed by atoms with Gasteiger partial charge in [-0.3, -0.25) is 0 Å². The van der Waals surface area contributed by atoms with Gasteiger partial charge in [0.25, 0.3) is 0 Å². The fraction of sp³-hybridized carbons (Fsp3) is 0.357. The maximum absolute atomic E-state index is 5.70. The van der Waals surface area contributed by atoms with E-state index < -0.39 is 0 Å². The van der Waals surface area contributed by atoms with Crippen molar-refractivity contribution in [2.24, 2.45) is 0 Å². The SMILES string of the molecule is CCCNCc1cc(Br)cnc1OCc1ccco1. The van der Waals surface area contributed by atoms with Gasteiger partial charge in [0.1, 0.15) is 12.4 Å². The van der Waals surface area contributed by atoms with Gasteiger partial charge in [0, 0.05) is 22.8 Å². The first-order valence-electron chi connectivity index (χ1n) is 6.30. The lowest BCUT2D eigenvalue weighted by Crippen LogP contribution is -2.15. The zero-order valence-corrected chi connectivity index (χ0v) is 12.4. The summed E-state index contributed by atoms with van der Waals surface area (Å²) in [6.45, 7) is 4.25. The molecule has 0 aromatic carbocycles. The Kier molecular flexibility index (Phi) is 5.42. The summed E-state index contributed by atoms with van der Waals surface area (Å²) < 4.78 is 11.9. The van der Waals surface area contributed by atoms with Gasteiger partial charge in [-0.05, 0) is 47.1 Å². The summed E-state index contributed by atoms with van der Waals surface area (Å²) >= 11 is 3.43. The number of ether oxygens (including phenoxy) is 1. The van der Waals surface area contributed by atoms with Crippen LogP contribution in [0.4, 0.5) is 0 Å². The molecule has 4 nitrogen and oxygen atoms in total. The molecule has 102 valence electrons. The zero-order valence-electron chi connectivity index (χ0n) is 10.9. The van der Waals surface area contributed by atoms with E-state index in [-0.39, 0.29) is 0 Å². The molecule has 0 aliphatic carbocycles. The number of rotatable bonds is 7. The molecule has 0 fully saturated rings. The van der Waals surface area contributed by atoms with E-state index in [1.165, 1.54) is 0 Å². The predicted octanol–water partition coefficient (Wildman–Crippen LogP) is 3.52. The second-order valence-corrected chi connectivity index (χ2v) is 5.08. The summed E-state index contributed by atoms with van der Waals surface area (Å²) in [6.07, 6.45) is 4.47. The molecule has 0 saturated carbocycles. The first-order valence-corrected chi connectivity index (χ1v) is 7.09. The van der Waals surface area contributed by atoms with Crippen LogP contribution in [-0.2, 0) is 13.2 Å². The van der Waals surface area contributed by atoms with Gasteiger partial charge in [0.15, 0.2) is 0 Å². The second-order valence-electron chi connectivity index (χ2n) is 4.16. The summed E-state index contributed by atoms with van der Waals surface area (Å²) in [5, 5.41) is 3.35. The minimum atomic E-state index is 0.391. The lowest BCUT2D eigenvalue weighted by molar-refractivity contribution is 0.257. The zero-order chi connectivity index (χ0) is 13.5. The molecule has 5 heteroatoms. The number of furan rings is 1. The molecule has 0 bridgehead atoms. The molecule has 0 unspecified atom stereocenters. The van der Waals surface area contributed by atoms with E-state index in [1.54, 1.807) is 12.5 Å². The number of pyridine rings is 1. The number of nitrogens with one attached hydrogen (secondary N) is 1. The molecular formula is C14H17BrN2O2. The van der Waals surface area contributed by atoms with Crippen molar-refractivity contribution in [1.82, 2.24) is 10.3 Å². The maximum Gasteiger partial charge on any atom is 0.218 e. The molecule has 2 aromatic heterocycles. The molecule has 2 heterocycles. The Bertz CT molecular complexity index is 500. The molecule has 0 amide bonds. The third kappa shape index (κ3) is 4.36. The summed E-state index contributed by atoms with van der Waals surface area (Å²) in [5.41, 5.74) is 1.04. The van der Waals surface area contributed by atoms with Crippen LogP contribution in [0.5, 0.6) is 5.88 Å². The van der Waals surface area contributed by atoms with Crippen molar-refractivity contribution >= 4 is 15.9 Å². The van der Waals surface area contributed by atoms with Crippen LogP contribution in [0, 0.1) is 0 Å². The van der Waals surface area contributed by atoms with Crippen molar-refractivity contribution in [1.29, 1.82) is 0 Å². The Morgan fingerprint density at radius 3 is 3.11 bits per heavy atom. The van der Waals surface area contributed by atoms with Crippen molar-refractivity contribution in [2.75, 3.05) is 6.54 Å². The second kappa shape index (κ2) is 7.31. The highest BCUT2D eigenvalue weighted by Gasteiger charge is 2.07. The van der Waals surface area contributed by atoms with Crippen LogP contribution < -0.4 is 10.1 Å². The first kappa shape index (κ1) is 14.1. The number of halogens is 1. The molecule has 2 aromatic rings. The molecule has 0 aliphatic heterocycles. The number of hydrogen-bond donors (Lipinski definition) is 1. The molecule has 0 aliphatic rings. The molecule has 0 spiro atoms. The Hall–Kier alpha value is -1.33. The van der Waals surface area contributed by atoms with Crippen molar-refractivity contribution in [2.45, 2.75) is 26.5 Å². The van der Waals surface area contributed by atoms with Crippen LogP contribution in [0.15, 0.2) is 39.5 Å². The van der Waals surface area contributed by atoms with E-state index in [4.69, 9.17) is 9.15 Å². The fourth-order valence-corrected chi connectivity index (χ4v) is 2.04. The summed E-state index contributed by atoms with van der Waals surface area (Å²) in [7, 11) is 0. The van der Waals surface area contributed by atoms with Gasteiger partial charge >= 0.3 is 0 Å². The molecule has 19 heavy (non-hydrogen) atoms. The van der Waals surface area contributed by atoms with Crippen LogP contribution >= 0.6 is 15.9 Å². The predicted molar refractivity (Wildman–Crippen MR) is 77.0 cm³/mol. The van der Waals surface area contributed by atoms with Crippen LogP contribution in [0.1, 0.15) is 24.7 Å². The fourth-order valence-electron chi connectivity index (χ4n) is 1.66. The summed E-state index contributed by atoms with van der Waals surface area (Å²) in [6, 6.07) is 5.75. The number of hydrogen-bond acceptors (Lipinski definition) is 4. The summed E-state index contributed by atoms with van der Waals surface area (Å²) in [5.74, 6) is 1.43. The van der Waals surface area contributed by atoms with Gasteiger partial charge in [-0.15, -0.1) is 0 Å². The Morgan fingerprint density at radius 2 is 2.37 bits per heavy atom. The highest BCUT2D eigenvalue weighted by molar-refractivity contribution is 9.10. The highest BCUT2D eigenvalue weighted by atomic mass is 79.9. The molecule has 0 saturated heterocycles. The van der Waals surface area contributed by atoms with Gasteiger partial charge in [-0.25, -0.2) is 4.98 Å². The molecule has 0 atom stereocenters. The van der Waals surface area contributed by atoms with Crippen molar-refractivity contribution in [3.8, 4) is 5.88 Å². The quantitative estimate of drug-likeness (QED) is 0.792. The molecule has 1 N–H and O–H groups in total. The van der Waals surface area contributed by atoms with Crippen molar-refractivity contribution in [3.63, 3.8) is 0 Å². The Balaban J connectivity index is 2.01. The number of aromatic nitrogens is 1. The Morgan fingerprint density at radius 1 is 1.47 bits per heavy atom. The van der Waals surface area contributed by atoms with Crippen molar-refractivity contribution in [3.05, 3.63) is 46.5 Å². The number of nitrogens with zero attached hydrogens (tertiary/aromatic N) is 1. The third-order valence-electron chi connectivity index (χ3n) is 2.57. The third-order valence-corrected chi connectivity index (χ3v) is 3.00. The largest absolute Gasteiger partial charge is 0.469 e. The van der Waals surface area contributed by atoms with Crippen LogP contribution in [0.2, 0.25) is 0 Å². The molecule has 2 rings (SSSR count). The monoisotopic (exact) mass is 324 g/mol. The minimum Gasteiger partial charge on any atom is -0.469 e. The standard InChI is InChI=1S/C14H17BrN2O2/c1-2-5-16-8-11-7-12(15)9-17-14(11)19-10-13-4-3-6-18-13/h3-4,6-7,9,16H,2,5,8,10H2,1H3. The lowest BCUT2D eigenvalue weighted by Gasteiger charge is -2.10. The van der Waals surface area contributed by atoms with E-state index in [0.717, 1.165) is 35.3 Å². The first-order chi connectivity index (χ1) is 9.29. The molecular weight excluding hydrogens is 308 g/mol. The average molecular weight is 325 g/mol.